The Labute approximate surface area is 117 Å². The van der Waals surface area contributed by atoms with Gasteiger partial charge in [0.15, 0.2) is 0 Å². The molecule has 20 heavy (non-hydrogen) atoms. The van der Waals surface area contributed by atoms with Gasteiger partial charge < -0.3 is 15.1 Å². The van der Waals surface area contributed by atoms with Crippen molar-refractivity contribution in [2.45, 2.75) is 38.3 Å². The Balaban J connectivity index is 2.24. The monoisotopic (exact) mass is 280 g/mol. The second kappa shape index (κ2) is 6.67. The zero-order chi connectivity index (χ0) is 14.5. The lowest BCUT2D eigenvalue weighted by Gasteiger charge is -2.28. The molecule has 0 aliphatic carbocycles. The molecule has 1 aliphatic heterocycles. The van der Waals surface area contributed by atoms with Crippen LogP contribution in [0.2, 0.25) is 0 Å². The Morgan fingerprint density at radius 3 is 2.85 bits per heavy atom. The molecule has 110 valence electrons. The number of anilines is 1. The van der Waals surface area contributed by atoms with Crippen molar-refractivity contribution in [3.8, 4) is 0 Å². The number of benzene rings is 1. The number of non-ortho nitro benzene ring substituents is 1. The first-order valence-corrected chi connectivity index (χ1v) is 6.93. The van der Waals surface area contributed by atoms with Crippen molar-refractivity contribution in [3.05, 3.63) is 33.9 Å². The van der Waals surface area contributed by atoms with Crippen LogP contribution in [0.5, 0.6) is 0 Å². The number of rotatable bonds is 6. The Morgan fingerprint density at radius 2 is 2.20 bits per heavy atom. The summed E-state index contributed by atoms with van der Waals surface area (Å²) in [6.07, 6.45) is 3.78. The molecular formula is C14H20N2O4. The molecule has 6 nitrogen and oxygen atoms in total. The molecule has 0 spiro atoms. The summed E-state index contributed by atoms with van der Waals surface area (Å²) in [6.45, 7) is 0.860. The van der Waals surface area contributed by atoms with E-state index in [9.17, 15) is 15.2 Å². The van der Waals surface area contributed by atoms with Crippen LogP contribution in [0.4, 0.5) is 11.4 Å². The molecule has 1 unspecified atom stereocenters. The smallest absolute Gasteiger partial charge is 0.269 e. The number of aliphatic hydroxyl groups excluding tert-OH is 2. The zero-order valence-corrected chi connectivity index (χ0v) is 11.4. The average Bonchev–Trinajstić information content (AvgIpc) is 2.92. The van der Waals surface area contributed by atoms with Crippen LogP contribution in [0, 0.1) is 10.1 Å². The van der Waals surface area contributed by atoms with Gasteiger partial charge in [0.25, 0.3) is 5.69 Å². The normalized spacial score (nSPS) is 18.5. The minimum atomic E-state index is -0.448. The lowest BCUT2D eigenvalue weighted by atomic mass is 10.1. The van der Waals surface area contributed by atoms with Crippen LogP contribution in [0.1, 0.15) is 31.2 Å². The van der Waals surface area contributed by atoms with E-state index in [1.807, 2.05) is 0 Å². The summed E-state index contributed by atoms with van der Waals surface area (Å²) in [7, 11) is 0. The van der Waals surface area contributed by atoms with E-state index in [1.165, 1.54) is 12.1 Å². The topological polar surface area (TPSA) is 86.8 Å². The highest BCUT2D eigenvalue weighted by atomic mass is 16.6. The highest BCUT2D eigenvalue weighted by molar-refractivity contribution is 5.59. The molecular weight excluding hydrogens is 260 g/mol. The second-order valence-corrected chi connectivity index (χ2v) is 5.08. The minimum Gasteiger partial charge on any atom is -0.396 e. The van der Waals surface area contributed by atoms with Crippen LogP contribution >= 0.6 is 0 Å². The molecule has 1 saturated heterocycles. The Hall–Kier alpha value is -1.66. The SMILES string of the molecule is O=[N+]([O-])c1ccc(N2CCCC2CCCO)c(CO)c1. The molecule has 1 fully saturated rings. The van der Waals surface area contributed by atoms with Gasteiger partial charge in [0.05, 0.1) is 11.5 Å². The van der Waals surface area contributed by atoms with Gasteiger partial charge in [-0.25, -0.2) is 0 Å². The van der Waals surface area contributed by atoms with Gasteiger partial charge in [-0.1, -0.05) is 0 Å². The predicted molar refractivity (Wildman–Crippen MR) is 75.7 cm³/mol. The molecule has 2 N–H and O–H groups in total. The van der Waals surface area contributed by atoms with Gasteiger partial charge in [0.1, 0.15) is 0 Å². The van der Waals surface area contributed by atoms with E-state index in [0.717, 1.165) is 37.9 Å². The van der Waals surface area contributed by atoms with E-state index in [4.69, 9.17) is 5.11 Å². The van der Waals surface area contributed by atoms with Gasteiger partial charge in [-0.15, -0.1) is 0 Å². The van der Waals surface area contributed by atoms with Gasteiger partial charge in [-0.05, 0) is 31.7 Å². The Kier molecular flexibility index (Phi) is 4.92. The summed E-state index contributed by atoms with van der Waals surface area (Å²) in [4.78, 5) is 12.5. The van der Waals surface area contributed by atoms with E-state index in [-0.39, 0.29) is 18.9 Å². The summed E-state index contributed by atoms with van der Waals surface area (Å²) < 4.78 is 0. The molecule has 1 heterocycles. The second-order valence-electron chi connectivity index (χ2n) is 5.08. The molecule has 0 bridgehead atoms. The maximum Gasteiger partial charge on any atom is 0.269 e. The van der Waals surface area contributed by atoms with E-state index in [1.54, 1.807) is 6.07 Å². The zero-order valence-electron chi connectivity index (χ0n) is 11.4. The molecule has 1 aromatic rings. The highest BCUT2D eigenvalue weighted by Gasteiger charge is 2.26. The van der Waals surface area contributed by atoms with E-state index in [2.05, 4.69) is 4.90 Å². The molecule has 0 radical (unpaired) electrons. The molecule has 1 atom stereocenters. The maximum absolute atomic E-state index is 10.8. The largest absolute Gasteiger partial charge is 0.396 e. The highest BCUT2D eigenvalue weighted by Crippen LogP contribution is 2.32. The quantitative estimate of drug-likeness (QED) is 0.613. The lowest BCUT2D eigenvalue weighted by molar-refractivity contribution is -0.384. The summed E-state index contributed by atoms with van der Waals surface area (Å²) in [5.74, 6) is 0. The van der Waals surface area contributed by atoms with Crippen LogP contribution < -0.4 is 4.90 Å². The predicted octanol–water partition coefficient (Wildman–Crippen LogP) is 1.83. The van der Waals surface area contributed by atoms with E-state index in [0.29, 0.717) is 11.6 Å². The van der Waals surface area contributed by atoms with Crippen LogP contribution in [0.15, 0.2) is 18.2 Å². The third-order valence-corrected chi connectivity index (χ3v) is 3.83. The molecule has 6 heteroatoms. The number of aliphatic hydroxyl groups is 2. The average molecular weight is 280 g/mol. The van der Waals surface area contributed by atoms with Crippen LogP contribution in [0.25, 0.3) is 0 Å². The molecule has 1 aromatic carbocycles. The molecule has 0 amide bonds. The van der Waals surface area contributed by atoms with Crippen LogP contribution in [-0.2, 0) is 6.61 Å². The number of nitro groups is 1. The number of nitro benzene ring substituents is 1. The van der Waals surface area contributed by atoms with E-state index < -0.39 is 4.92 Å². The van der Waals surface area contributed by atoms with Gasteiger partial charge in [0, 0.05) is 42.6 Å². The first-order chi connectivity index (χ1) is 9.67. The third kappa shape index (κ3) is 3.08. The van der Waals surface area contributed by atoms with Gasteiger partial charge >= 0.3 is 0 Å². The molecule has 0 saturated carbocycles. The molecule has 2 rings (SSSR count). The summed E-state index contributed by atoms with van der Waals surface area (Å²) >= 11 is 0. The van der Waals surface area contributed by atoms with Crippen molar-refractivity contribution in [2.75, 3.05) is 18.1 Å². The summed E-state index contributed by atoms with van der Waals surface area (Å²) in [5, 5.41) is 29.2. The first kappa shape index (κ1) is 14.7. The lowest BCUT2D eigenvalue weighted by Crippen LogP contribution is -2.30. The standard InChI is InChI=1S/C14H20N2O4/c17-8-2-4-12-3-1-7-15(12)14-6-5-13(16(19)20)9-11(14)10-18/h5-6,9,12,17-18H,1-4,7-8,10H2. The van der Waals surface area contributed by atoms with Crippen LogP contribution in [-0.4, -0.2) is 34.3 Å². The third-order valence-electron chi connectivity index (χ3n) is 3.83. The summed E-state index contributed by atoms with van der Waals surface area (Å²) in [5.41, 5.74) is 1.47. The van der Waals surface area contributed by atoms with Crippen molar-refractivity contribution < 1.29 is 15.1 Å². The van der Waals surface area contributed by atoms with Gasteiger partial charge in [-0.2, -0.15) is 0 Å². The van der Waals surface area contributed by atoms with Crippen molar-refractivity contribution >= 4 is 11.4 Å². The van der Waals surface area contributed by atoms with Crippen molar-refractivity contribution in [3.63, 3.8) is 0 Å². The Bertz CT molecular complexity index is 478. The Morgan fingerprint density at radius 1 is 1.40 bits per heavy atom. The minimum absolute atomic E-state index is 0.00362. The van der Waals surface area contributed by atoms with Crippen molar-refractivity contribution in [2.24, 2.45) is 0 Å². The van der Waals surface area contributed by atoms with Crippen LogP contribution in [0.3, 0.4) is 0 Å². The number of hydrogen-bond donors (Lipinski definition) is 2. The first-order valence-electron chi connectivity index (χ1n) is 6.93. The molecule has 0 aromatic heterocycles. The fourth-order valence-electron chi connectivity index (χ4n) is 2.87. The fraction of sp³-hybridized carbons (Fsp3) is 0.571. The van der Waals surface area contributed by atoms with Crippen molar-refractivity contribution in [1.82, 2.24) is 0 Å². The van der Waals surface area contributed by atoms with E-state index >= 15 is 0 Å². The fourth-order valence-corrected chi connectivity index (χ4v) is 2.87. The molecule has 1 aliphatic rings. The van der Waals surface area contributed by atoms with Gasteiger partial charge in [0.2, 0.25) is 0 Å². The number of nitrogens with zero attached hydrogens (tertiary/aromatic N) is 2. The maximum atomic E-state index is 10.8. The number of hydrogen-bond acceptors (Lipinski definition) is 5. The summed E-state index contributed by atoms with van der Waals surface area (Å²) in [6, 6.07) is 4.99. The van der Waals surface area contributed by atoms with Crippen molar-refractivity contribution in [1.29, 1.82) is 0 Å². The van der Waals surface area contributed by atoms with Gasteiger partial charge in [-0.3, -0.25) is 10.1 Å².